The van der Waals surface area contributed by atoms with E-state index in [0.29, 0.717) is 17.3 Å². The van der Waals surface area contributed by atoms with Crippen LogP contribution >= 0.6 is 11.6 Å². The van der Waals surface area contributed by atoms with Crippen molar-refractivity contribution in [3.05, 3.63) is 23.2 Å². The van der Waals surface area contributed by atoms with Crippen molar-refractivity contribution in [2.75, 3.05) is 24.7 Å². The SMILES string of the molecule is COC(C)(C)CNc1ccc(Cl)cc1N. The predicted octanol–water partition coefficient (Wildman–Crippen LogP) is 2.76. The van der Waals surface area contributed by atoms with Crippen LogP contribution in [0.3, 0.4) is 0 Å². The lowest BCUT2D eigenvalue weighted by molar-refractivity contribution is 0.0344. The Labute approximate surface area is 95.6 Å². The normalized spacial score (nSPS) is 11.5. The predicted molar refractivity (Wildman–Crippen MR) is 65.4 cm³/mol. The summed E-state index contributed by atoms with van der Waals surface area (Å²) >= 11 is 5.80. The van der Waals surface area contributed by atoms with Gasteiger partial charge in [0.25, 0.3) is 0 Å². The van der Waals surface area contributed by atoms with Crippen molar-refractivity contribution in [1.29, 1.82) is 0 Å². The molecule has 1 aromatic carbocycles. The number of anilines is 2. The zero-order chi connectivity index (χ0) is 11.5. The monoisotopic (exact) mass is 228 g/mol. The van der Waals surface area contributed by atoms with Crippen LogP contribution in [0.15, 0.2) is 18.2 Å². The van der Waals surface area contributed by atoms with Gasteiger partial charge in [0.05, 0.1) is 17.0 Å². The highest BCUT2D eigenvalue weighted by molar-refractivity contribution is 6.31. The first-order valence-electron chi connectivity index (χ1n) is 4.79. The van der Waals surface area contributed by atoms with Crippen LogP contribution in [-0.2, 0) is 4.74 Å². The van der Waals surface area contributed by atoms with Crippen LogP contribution in [0.4, 0.5) is 11.4 Å². The van der Waals surface area contributed by atoms with E-state index in [0.717, 1.165) is 5.69 Å². The molecule has 0 aliphatic rings. The van der Waals surface area contributed by atoms with E-state index < -0.39 is 0 Å². The van der Waals surface area contributed by atoms with Gasteiger partial charge in [0.2, 0.25) is 0 Å². The van der Waals surface area contributed by atoms with E-state index in [2.05, 4.69) is 5.32 Å². The van der Waals surface area contributed by atoms with E-state index in [9.17, 15) is 0 Å². The van der Waals surface area contributed by atoms with Crippen LogP contribution in [0, 0.1) is 0 Å². The average molecular weight is 229 g/mol. The van der Waals surface area contributed by atoms with Gasteiger partial charge in [-0.2, -0.15) is 0 Å². The second kappa shape index (κ2) is 4.73. The molecule has 15 heavy (non-hydrogen) atoms. The molecule has 0 aromatic heterocycles. The van der Waals surface area contributed by atoms with Gasteiger partial charge in [0.15, 0.2) is 0 Å². The third-order valence-electron chi connectivity index (χ3n) is 2.27. The van der Waals surface area contributed by atoms with Crippen LogP contribution in [0.25, 0.3) is 0 Å². The molecule has 0 fully saturated rings. The van der Waals surface area contributed by atoms with Crippen LogP contribution < -0.4 is 11.1 Å². The van der Waals surface area contributed by atoms with Crippen molar-refractivity contribution in [3.8, 4) is 0 Å². The summed E-state index contributed by atoms with van der Waals surface area (Å²) in [5.41, 5.74) is 7.12. The number of nitrogen functional groups attached to an aromatic ring is 1. The summed E-state index contributed by atoms with van der Waals surface area (Å²) in [6.07, 6.45) is 0. The molecule has 0 unspecified atom stereocenters. The smallest absolute Gasteiger partial charge is 0.0794 e. The number of hydrogen-bond acceptors (Lipinski definition) is 3. The highest BCUT2D eigenvalue weighted by atomic mass is 35.5. The van der Waals surface area contributed by atoms with Gasteiger partial charge in [-0.15, -0.1) is 0 Å². The van der Waals surface area contributed by atoms with Crippen LogP contribution in [-0.4, -0.2) is 19.3 Å². The lowest BCUT2D eigenvalue weighted by atomic mass is 10.1. The Morgan fingerprint density at radius 1 is 1.47 bits per heavy atom. The zero-order valence-corrected chi connectivity index (χ0v) is 10.1. The first kappa shape index (κ1) is 12.1. The summed E-state index contributed by atoms with van der Waals surface area (Å²) in [4.78, 5) is 0. The molecule has 0 radical (unpaired) electrons. The second-order valence-electron chi connectivity index (χ2n) is 4.05. The molecule has 0 amide bonds. The fourth-order valence-corrected chi connectivity index (χ4v) is 1.26. The van der Waals surface area contributed by atoms with E-state index in [1.54, 1.807) is 19.2 Å². The minimum Gasteiger partial charge on any atom is -0.397 e. The molecule has 1 rings (SSSR count). The molecule has 1 aromatic rings. The van der Waals surface area contributed by atoms with Crippen LogP contribution in [0.2, 0.25) is 5.02 Å². The number of benzene rings is 1. The van der Waals surface area contributed by atoms with Crippen LogP contribution in [0.5, 0.6) is 0 Å². The van der Waals surface area contributed by atoms with Gasteiger partial charge in [0.1, 0.15) is 0 Å². The maximum atomic E-state index is 5.80. The Hall–Kier alpha value is -0.930. The second-order valence-corrected chi connectivity index (χ2v) is 4.49. The van der Waals surface area contributed by atoms with Gasteiger partial charge >= 0.3 is 0 Å². The van der Waals surface area contributed by atoms with Crippen molar-refractivity contribution in [2.45, 2.75) is 19.4 Å². The van der Waals surface area contributed by atoms with Crippen molar-refractivity contribution in [2.24, 2.45) is 0 Å². The average Bonchev–Trinajstić information content (AvgIpc) is 2.16. The number of ether oxygens (including phenoxy) is 1. The van der Waals surface area contributed by atoms with Crippen molar-refractivity contribution >= 4 is 23.0 Å². The molecule has 3 nitrogen and oxygen atoms in total. The van der Waals surface area contributed by atoms with Gasteiger partial charge in [-0.1, -0.05) is 11.6 Å². The summed E-state index contributed by atoms with van der Waals surface area (Å²) in [5, 5.41) is 3.87. The van der Waals surface area contributed by atoms with Gasteiger partial charge in [-0.3, -0.25) is 0 Å². The number of hydrogen-bond donors (Lipinski definition) is 2. The lowest BCUT2D eigenvalue weighted by Crippen LogP contribution is -2.32. The molecule has 0 atom stereocenters. The molecule has 0 aliphatic carbocycles. The Kier molecular flexibility index (Phi) is 3.83. The highest BCUT2D eigenvalue weighted by Gasteiger charge is 2.15. The first-order chi connectivity index (χ1) is 6.94. The summed E-state index contributed by atoms with van der Waals surface area (Å²) in [5.74, 6) is 0. The standard InChI is InChI=1S/C11H17ClN2O/c1-11(2,15-3)7-14-10-5-4-8(12)6-9(10)13/h4-6,14H,7,13H2,1-3H3. The van der Waals surface area contributed by atoms with Crippen molar-refractivity contribution in [1.82, 2.24) is 0 Å². The summed E-state index contributed by atoms with van der Waals surface area (Å²) in [6, 6.07) is 5.40. The Bertz CT molecular complexity index is 339. The Morgan fingerprint density at radius 3 is 2.67 bits per heavy atom. The molecule has 0 saturated heterocycles. The summed E-state index contributed by atoms with van der Waals surface area (Å²) < 4.78 is 5.29. The first-order valence-corrected chi connectivity index (χ1v) is 5.16. The fraction of sp³-hybridized carbons (Fsp3) is 0.455. The minimum absolute atomic E-state index is 0.216. The molecule has 4 heteroatoms. The quantitative estimate of drug-likeness (QED) is 0.780. The molecule has 0 saturated carbocycles. The van der Waals surface area contributed by atoms with E-state index in [4.69, 9.17) is 22.1 Å². The number of halogens is 1. The third-order valence-corrected chi connectivity index (χ3v) is 2.51. The molecule has 0 spiro atoms. The van der Waals surface area contributed by atoms with Gasteiger partial charge < -0.3 is 15.8 Å². The van der Waals surface area contributed by atoms with Crippen molar-refractivity contribution < 1.29 is 4.74 Å². The molecular formula is C11H17ClN2O. The number of nitrogens with one attached hydrogen (secondary N) is 1. The number of methoxy groups -OCH3 is 1. The molecule has 0 bridgehead atoms. The molecular weight excluding hydrogens is 212 g/mol. The van der Waals surface area contributed by atoms with E-state index in [1.807, 2.05) is 19.9 Å². The topological polar surface area (TPSA) is 47.3 Å². The third kappa shape index (κ3) is 3.61. The number of nitrogens with two attached hydrogens (primary N) is 1. The minimum atomic E-state index is -0.216. The van der Waals surface area contributed by atoms with E-state index in [1.165, 1.54) is 0 Å². The molecule has 0 heterocycles. The maximum Gasteiger partial charge on any atom is 0.0794 e. The fourth-order valence-electron chi connectivity index (χ4n) is 1.07. The highest BCUT2D eigenvalue weighted by Crippen LogP contribution is 2.23. The maximum absolute atomic E-state index is 5.80. The molecule has 3 N–H and O–H groups in total. The summed E-state index contributed by atoms with van der Waals surface area (Å²) in [7, 11) is 1.69. The molecule has 0 aliphatic heterocycles. The largest absolute Gasteiger partial charge is 0.397 e. The van der Waals surface area contributed by atoms with E-state index in [-0.39, 0.29) is 5.60 Å². The lowest BCUT2D eigenvalue weighted by Gasteiger charge is -2.24. The Morgan fingerprint density at radius 2 is 2.13 bits per heavy atom. The van der Waals surface area contributed by atoms with E-state index >= 15 is 0 Å². The van der Waals surface area contributed by atoms with Gasteiger partial charge in [-0.25, -0.2) is 0 Å². The summed E-state index contributed by atoms with van der Waals surface area (Å²) in [6.45, 7) is 4.70. The van der Waals surface area contributed by atoms with Crippen molar-refractivity contribution in [3.63, 3.8) is 0 Å². The Balaban J connectivity index is 2.66. The van der Waals surface area contributed by atoms with Gasteiger partial charge in [0, 0.05) is 18.7 Å². The number of rotatable bonds is 4. The van der Waals surface area contributed by atoms with Crippen LogP contribution in [0.1, 0.15) is 13.8 Å². The van der Waals surface area contributed by atoms with Gasteiger partial charge in [-0.05, 0) is 32.0 Å². The molecule has 84 valence electrons. The zero-order valence-electron chi connectivity index (χ0n) is 9.30.